The molecule has 1 N–H and O–H groups in total. The third-order valence-electron chi connectivity index (χ3n) is 4.56. The van der Waals surface area contributed by atoms with Gasteiger partial charge in [-0.3, -0.25) is 0 Å². The number of benzene rings is 1. The Bertz CT molecular complexity index is 611. The summed E-state index contributed by atoms with van der Waals surface area (Å²) in [6, 6.07) is 10.3. The maximum Gasteiger partial charge on any atom is 0.222 e. The molecule has 1 aliphatic rings. The predicted molar refractivity (Wildman–Crippen MR) is 100 cm³/mol. The molecule has 1 fully saturated rings. The van der Waals surface area contributed by atoms with Crippen molar-refractivity contribution in [1.29, 1.82) is 0 Å². The van der Waals surface area contributed by atoms with E-state index in [0.29, 0.717) is 12.1 Å². The molecule has 2 aromatic rings. The van der Waals surface area contributed by atoms with E-state index < -0.39 is 0 Å². The first-order valence-corrected chi connectivity index (χ1v) is 9.18. The van der Waals surface area contributed by atoms with E-state index in [0.717, 1.165) is 38.2 Å². The highest BCUT2D eigenvalue weighted by atomic mass is 16.5. The normalized spacial score (nSPS) is 17.6. The zero-order chi connectivity index (χ0) is 17.3. The number of ether oxygens (including phenoxy) is 1. The molecule has 0 unspecified atom stereocenters. The topological polar surface area (TPSA) is 50.3 Å². The first-order valence-electron chi connectivity index (χ1n) is 9.18. The highest BCUT2D eigenvalue weighted by Gasteiger charge is 2.14. The molecular formula is C20H28N4O. The second-order valence-corrected chi connectivity index (χ2v) is 6.77. The van der Waals surface area contributed by atoms with Crippen molar-refractivity contribution >= 4 is 5.95 Å². The maximum absolute atomic E-state index is 5.80. The van der Waals surface area contributed by atoms with Gasteiger partial charge in [-0.15, -0.1) is 0 Å². The highest BCUT2D eigenvalue weighted by Crippen LogP contribution is 2.16. The zero-order valence-electron chi connectivity index (χ0n) is 15.0. The molecule has 134 valence electrons. The van der Waals surface area contributed by atoms with Crippen molar-refractivity contribution in [2.45, 2.75) is 44.9 Å². The summed E-state index contributed by atoms with van der Waals surface area (Å²) in [7, 11) is 2.14. The second-order valence-electron chi connectivity index (χ2n) is 6.77. The molecule has 0 radical (unpaired) electrons. The van der Waals surface area contributed by atoms with E-state index >= 15 is 0 Å². The number of hydrogen-bond donors (Lipinski definition) is 1. The minimum atomic E-state index is 0.442. The van der Waals surface area contributed by atoms with Crippen LogP contribution in [0, 0.1) is 0 Å². The Morgan fingerprint density at radius 3 is 2.64 bits per heavy atom. The Hall–Kier alpha value is -1.98. The van der Waals surface area contributed by atoms with Crippen LogP contribution in [-0.2, 0) is 17.8 Å². The third-order valence-corrected chi connectivity index (χ3v) is 4.56. The number of nitrogens with one attached hydrogen (secondary N) is 1. The summed E-state index contributed by atoms with van der Waals surface area (Å²) in [6.45, 7) is 3.57. The molecule has 1 saturated heterocycles. The molecule has 1 aromatic heterocycles. The van der Waals surface area contributed by atoms with Gasteiger partial charge in [-0.2, -0.15) is 0 Å². The highest BCUT2D eigenvalue weighted by molar-refractivity contribution is 5.27. The van der Waals surface area contributed by atoms with Crippen LogP contribution in [0.4, 0.5) is 5.95 Å². The minimum absolute atomic E-state index is 0.442. The van der Waals surface area contributed by atoms with Crippen molar-refractivity contribution in [1.82, 2.24) is 14.9 Å². The average Bonchev–Trinajstić information content (AvgIpc) is 2.67. The molecule has 1 aromatic carbocycles. The van der Waals surface area contributed by atoms with Gasteiger partial charge in [0.05, 0.1) is 6.10 Å². The van der Waals surface area contributed by atoms with Gasteiger partial charge >= 0.3 is 0 Å². The summed E-state index contributed by atoms with van der Waals surface area (Å²) < 4.78 is 5.80. The van der Waals surface area contributed by atoms with E-state index in [-0.39, 0.29) is 0 Å². The molecular weight excluding hydrogens is 312 g/mol. The summed E-state index contributed by atoms with van der Waals surface area (Å²) in [5.74, 6) is 0.672. The van der Waals surface area contributed by atoms with Crippen LogP contribution in [0.2, 0.25) is 0 Å². The van der Waals surface area contributed by atoms with Crippen LogP contribution >= 0.6 is 0 Å². The molecule has 0 aliphatic carbocycles. The van der Waals surface area contributed by atoms with Crippen molar-refractivity contribution in [2.24, 2.45) is 0 Å². The molecule has 3 rings (SSSR count). The third kappa shape index (κ3) is 6.11. The quantitative estimate of drug-likeness (QED) is 0.797. The van der Waals surface area contributed by atoms with E-state index in [4.69, 9.17) is 4.74 Å². The number of rotatable bonds is 8. The Morgan fingerprint density at radius 2 is 1.92 bits per heavy atom. The van der Waals surface area contributed by atoms with Crippen LogP contribution in [0.25, 0.3) is 0 Å². The Balaban J connectivity index is 1.40. The lowest BCUT2D eigenvalue weighted by Crippen LogP contribution is -2.26. The van der Waals surface area contributed by atoms with Crippen LogP contribution in [0.5, 0.6) is 0 Å². The van der Waals surface area contributed by atoms with Crippen molar-refractivity contribution in [2.75, 3.05) is 25.5 Å². The molecule has 1 aliphatic heterocycles. The molecule has 5 heteroatoms. The van der Waals surface area contributed by atoms with E-state index in [1.807, 2.05) is 30.6 Å². The van der Waals surface area contributed by atoms with Crippen molar-refractivity contribution in [3.63, 3.8) is 0 Å². The second kappa shape index (κ2) is 9.49. The Morgan fingerprint density at radius 1 is 1.12 bits per heavy atom. The smallest absolute Gasteiger partial charge is 0.222 e. The van der Waals surface area contributed by atoms with Crippen molar-refractivity contribution in [3.05, 3.63) is 53.9 Å². The van der Waals surface area contributed by atoms with Gasteiger partial charge in [-0.05, 0) is 38.3 Å². The van der Waals surface area contributed by atoms with Gasteiger partial charge in [0.2, 0.25) is 5.95 Å². The van der Waals surface area contributed by atoms with Crippen LogP contribution in [-0.4, -0.2) is 41.2 Å². The zero-order valence-corrected chi connectivity index (χ0v) is 15.0. The lowest BCUT2D eigenvalue weighted by molar-refractivity contribution is 0.00640. The van der Waals surface area contributed by atoms with E-state index in [1.54, 1.807) is 0 Å². The summed E-state index contributed by atoms with van der Waals surface area (Å²) in [4.78, 5) is 11.2. The first-order chi connectivity index (χ1) is 12.3. The first kappa shape index (κ1) is 17.8. The van der Waals surface area contributed by atoms with Gasteiger partial charge in [0.1, 0.15) is 0 Å². The summed E-state index contributed by atoms with van der Waals surface area (Å²) in [5.41, 5.74) is 2.36. The van der Waals surface area contributed by atoms with Gasteiger partial charge in [-0.1, -0.05) is 30.3 Å². The minimum Gasteiger partial charge on any atom is -0.378 e. The molecule has 25 heavy (non-hydrogen) atoms. The summed E-state index contributed by atoms with van der Waals surface area (Å²) in [5, 5.41) is 3.26. The molecule has 0 spiro atoms. The molecule has 0 bridgehead atoms. The SMILES string of the molecule is CN(CC[C@H]1CCCCO1)Cc1cnc(NCc2ccccc2)nc1. The monoisotopic (exact) mass is 340 g/mol. The van der Waals surface area contributed by atoms with Crippen LogP contribution in [0.15, 0.2) is 42.7 Å². The average molecular weight is 340 g/mol. The number of hydrogen-bond acceptors (Lipinski definition) is 5. The number of nitrogens with zero attached hydrogens (tertiary/aromatic N) is 3. The van der Waals surface area contributed by atoms with E-state index in [2.05, 4.69) is 39.4 Å². The standard InChI is InChI=1S/C20H28N4O/c1-24(11-10-19-9-5-6-12-25-19)16-18-14-22-20(23-15-18)21-13-17-7-3-2-4-8-17/h2-4,7-8,14-15,19H,5-6,9-13,16H2,1H3,(H,21,22,23)/t19-/m1/s1. The van der Waals surface area contributed by atoms with Gasteiger partial charge in [0.15, 0.2) is 0 Å². The lowest BCUT2D eigenvalue weighted by Gasteiger charge is -2.25. The van der Waals surface area contributed by atoms with Crippen LogP contribution in [0.1, 0.15) is 36.8 Å². The van der Waals surface area contributed by atoms with Crippen LogP contribution < -0.4 is 5.32 Å². The summed E-state index contributed by atoms with van der Waals surface area (Å²) in [6.07, 6.45) is 9.10. The van der Waals surface area contributed by atoms with E-state index in [1.165, 1.54) is 24.8 Å². The van der Waals surface area contributed by atoms with Gasteiger partial charge in [0.25, 0.3) is 0 Å². The molecule has 1 atom stereocenters. The maximum atomic E-state index is 5.80. The largest absolute Gasteiger partial charge is 0.378 e. The molecule has 0 saturated carbocycles. The Kier molecular flexibility index (Phi) is 6.77. The fraction of sp³-hybridized carbons (Fsp3) is 0.500. The lowest BCUT2D eigenvalue weighted by atomic mass is 10.1. The molecule has 0 amide bonds. The Labute approximate surface area is 150 Å². The number of aromatic nitrogens is 2. The molecule has 5 nitrogen and oxygen atoms in total. The van der Waals surface area contributed by atoms with Gasteiger partial charge < -0.3 is 15.0 Å². The fourth-order valence-corrected chi connectivity index (χ4v) is 3.09. The van der Waals surface area contributed by atoms with Gasteiger partial charge in [0, 0.05) is 44.2 Å². The van der Waals surface area contributed by atoms with Crippen molar-refractivity contribution < 1.29 is 4.74 Å². The van der Waals surface area contributed by atoms with E-state index in [9.17, 15) is 0 Å². The van der Waals surface area contributed by atoms with Gasteiger partial charge in [-0.25, -0.2) is 9.97 Å². The fourth-order valence-electron chi connectivity index (χ4n) is 3.09. The summed E-state index contributed by atoms with van der Waals surface area (Å²) >= 11 is 0. The van der Waals surface area contributed by atoms with Crippen LogP contribution in [0.3, 0.4) is 0 Å². The predicted octanol–water partition coefficient (Wildman–Crippen LogP) is 3.48. The molecule has 2 heterocycles. The number of anilines is 1. The van der Waals surface area contributed by atoms with Crippen molar-refractivity contribution in [3.8, 4) is 0 Å².